The predicted octanol–water partition coefficient (Wildman–Crippen LogP) is 4.07. The number of quaternary nitrogens is 1. The molecule has 1 aliphatic carbocycles. The van der Waals surface area contributed by atoms with E-state index in [1.165, 1.54) is 51.4 Å². The minimum Gasteiger partial charge on any atom is -1.00 e. The molecule has 0 amide bonds. The largest absolute Gasteiger partial charge is 1.00 e. The number of alkyl halides is 2. The molecular formula is C22H35Cl3IN. The molecular weight excluding hydrogens is 512 g/mol. The first-order valence-electron chi connectivity index (χ1n) is 10.1. The zero-order chi connectivity index (χ0) is 19.5. The molecule has 0 fully saturated rings. The van der Waals surface area contributed by atoms with Crippen molar-refractivity contribution in [2.24, 2.45) is 0 Å². The van der Waals surface area contributed by atoms with Crippen LogP contribution in [-0.4, -0.2) is 39.5 Å². The van der Waals surface area contributed by atoms with Gasteiger partial charge in [0, 0.05) is 5.03 Å². The summed E-state index contributed by atoms with van der Waals surface area (Å²) in [5.74, 6) is 2.98. The molecule has 0 aromatic heterocycles. The maximum atomic E-state index is 6.71. The Kier molecular flexibility index (Phi) is 14.9. The Labute approximate surface area is 197 Å². The van der Waals surface area contributed by atoms with Crippen molar-refractivity contribution < 1.29 is 16.9 Å². The van der Waals surface area contributed by atoms with E-state index in [0.717, 1.165) is 35.7 Å². The molecule has 2 unspecified atom stereocenters. The topological polar surface area (TPSA) is 0 Å². The van der Waals surface area contributed by atoms with E-state index in [1.807, 2.05) is 12.2 Å². The third kappa shape index (κ3) is 9.77. The molecule has 0 aliphatic heterocycles. The molecule has 0 bridgehead atoms. The average Bonchev–Trinajstić information content (AvgIpc) is 2.60. The first-order chi connectivity index (χ1) is 12.4. The third-order valence-corrected chi connectivity index (χ3v) is 7.77. The van der Waals surface area contributed by atoms with Gasteiger partial charge in [-0.15, -0.1) is 18.0 Å². The van der Waals surface area contributed by atoms with Gasteiger partial charge in [-0.25, -0.2) is 0 Å². The average molecular weight is 547 g/mol. The van der Waals surface area contributed by atoms with Crippen LogP contribution >= 0.6 is 45.8 Å². The fraction of sp³-hybridized carbons (Fsp3) is 0.727. The van der Waals surface area contributed by atoms with Crippen LogP contribution in [0.5, 0.6) is 0 Å². The van der Waals surface area contributed by atoms with Crippen molar-refractivity contribution in [2.45, 2.75) is 74.0 Å². The number of halogens is 4. The molecule has 2 atom stereocenters. The second kappa shape index (κ2) is 14.6. The highest BCUT2D eigenvalue weighted by atomic mass is 127. The van der Waals surface area contributed by atoms with E-state index in [9.17, 15) is 0 Å². The second-order valence-corrected chi connectivity index (χ2v) is 10.6. The molecule has 5 heteroatoms. The molecule has 0 saturated heterocycles. The number of allylic oxidation sites excluding steroid dienone is 3. The molecule has 0 aromatic rings. The summed E-state index contributed by atoms with van der Waals surface area (Å²) in [5.41, 5.74) is 0. The number of unbranched alkanes of at least 4 members (excludes halogenated alkanes) is 6. The SMILES string of the molecule is C#CC[N+](CCCCCC)(CCCCCC)CC1(I)C=CC(Cl)=CC1Cl.[Cl-]. The summed E-state index contributed by atoms with van der Waals surface area (Å²) in [4.78, 5) is 0. The molecule has 0 heterocycles. The first-order valence-corrected chi connectivity index (χ1v) is 12.0. The highest BCUT2D eigenvalue weighted by Crippen LogP contribution is 2.38. The Balaban J connectivity index is 0.00000676. The van der Waals surface area contributed by atoms with E-state index in [2.05, 4.69) is 48.4 Å². The summed E-state index contributed by atoms with van der Waals surface area (Å²) >= 11 is 15.4. The predicted molar refractivity (Wildman–Crippen MR) is 126 cm³/mol. The lowest BCUT2D eigenvalue weighted by Crippen LogP contribution is -3.00. The van der Waals surface area contributed by atoms with Crippen molar-refractivity contribution in [1.82, 2.24) is 0 Å². The maximum absolute atomic E-state index is 6.71. The zero-order valence-electron chi connectivity index (χ0n) is 16.8. The lowest BCUT2D eigenvalue weighted by atomic mass is 9.97. The van der Waals surface area contributed by atoms with Gasteiger partial charge < -0.3 is 16.9 Å². The first kappa shape index (κ1) is 27.6. The van der Waals surface area contributed by atoms with Crippen LogP contribution in [0.25, 0.3) is 0 Å². The van der Waals surface area contributed by atoms with Crippen LogP contribution in [0.2, 0.25) is 0 Å². The lowest BCUT2D eigenvalue weighted by Gasteiger charge is -2.44. The van der Waals surface area contributed by atoms with Crippen molar-refractivity contribution in [1.29, 1.82) is 0 Å². The zero-order valence-corrected chi connectivity index (χ0v) is 21.3. The summed E-state index contributed by atoms with van der Waals surface area (Å²) in [6.45, 7) is 8.58. The maximum Gasteiger partial charge on any atom is 0.140 e. The Morgan fingerprint density at radius 3 is 2.11 bits per heavy atom. The van der Waals surface area contributed by atoms with E-state index < -0.39 is 0 Å². The molecule has 1 nitrogen and oxygen atoms in total. The number of nitrogens with zero attached hydrogens (tertiary/aromatic N) is 1. The van der Waals surface area contributed by atoms with Crippen LogP contribution in [0.1, 0.15) is 65.2 Å². The molecule has 0 saturated carbocycles. The minimum atomic E-state index is -0.135. The van der Waals surface area contributed by atoms with Gasteiger partial charge in [0.05, 0.1) is 25.0 Å². The normalized spacial score (nSPS) is 22.1. The second-order valence-electron chi connectivity index (χ2n) is 7.64. The van der Waals surface area contributed by atoms with Crippen molar-refractivity contribution >= 4 is 45.8 Å². The van der Waals surface area contributed by atoms with Crippen LogP contribution in [-0.2, 0) is 0 Å². The van der Waals surface area contributed by atoms with Crippen LogP contribution in [0.3, 0.4) is 0 Å². The van der Waals surface area contributed by atoms with Gasteiger partial charge in [-0.3, -0.25) is 0 Å². The smallest absolute Gasteiger partial charge is 0.140 e. The Morgan fingerprint density at radius 2 is 1.67 bits per heavy atom. The fourth-order valence-corrected chi connectivity index (χ4v) is 5.34. The standard InChI is InChI=1S/C22H35Cl2IN.ClH/c1-4-7-9-11-16-26(15-6-3,17-12-10-8-5-2)19-22(25)14-13-20(23)18-21(22)24;/h3,13-14,18,21H,4-5,7-12,15-17,19H2,1-2H3;1H/q+1;/p-1. The van der Waals surface area contributed by atoms with Crippen LogP contribution in [0.15, 0.2) is 23.3 Å². The van der Waals surface area contributed by atoms with Gasteiger partial charge in [-0.1, -0.05) is 79.8 Å². The van der Waals surface area contributed by atoms with Gasteiger partial charge in [-0.2, -0.15) is 0 Å². The summed E-state index contributed by atoms with van der Waals surface area (Å²) in [7, 11) is 0. The van der Waals surface area contributed by atoms with Crippen molar-refractivity contribution in [3.63, 3.8) is 0 Å². The van der Waals surface area contributed by atoms with Crippen molar-refractivity contribution in [2.75, 3.05) is 26.2 Å². The highest BCUT2D eigenvalue weighted by molar-refractivity contribution is 14.1. The molecule has 1 rings (SSSR count). The minimum absolute atomic E-state index is 0. The number of rotatable bonds is 13. The van der Waals surface area contributed by atoms with Crippen molar-refractivity contribution in [3.8, 4) is 12.3 Å². The van der Waals surface area contributed by atoms with Crippen molar-refractivity contribution in [3.05, 3.63) is 23.3 Å². The van der Waals surface area contributed by atoms with Crippen LogP contribution < -0.4 is 12.4 Å². The molecule has 1 aliphatic rings. The molecule has 0 radical (unpaired) electrons. The summed E-state index contributed by atoms with van der Waals surface area (Å²) in [6.07, 6.45) is 22.2. The van der Waals surface area contributed by atoms with E-state index >= 15 is 0 Å². The van der Waals surface area contributed by atoms with Gasteiger partial charge in [0.25, 0.3) is 0 Å². The quantitative estimate of drug-likeness (QED) is 0.107. The lowest BCUT2D eigenvalue weighted by molar-refractivity contribution is -0.922. The van der Waals surface area contributed by atoms with E-state index in [1.54, 1.807) is 0 Å². The summed E-state index contributed by atoms with van der Waals surface area (Å²) in [5, 5.41) is 0.639. The monoisotopic (exact) mass is 545 g/mol. The molecule has 0 N–H and O–H groups in total. The third-order valence-electron chi connectivity index (χ3n) is 5.26. The van der Waals surface area contributed by atoms with Gasteiger partial charge in [0.15, 0.2) is 0 Å². The highest BCUT2D eigenvalue weighted by Gasteiger charge is 2.42. The fourth-order valence-electron chi connectivity index (χ4n) is 3.72. The van der Waals surface area contributed by atoms with Crippen LogP contribution in [0, 0.1) is 12.3 Å². The molecule has 27 heavy (non-hydrogen) atoms. The van der Waals surface area contributed by atoms with Crippen LogP contribution in [0.4, 0.5) is 0 Å². The molecule has 0 aromatic carbocycles. The van der Waals surface area contributed by atoms with E-state index in [-0.39, 0.29) is 21.2 Å². The number of hydrogen-bond donors (Lipinski definition) is 0. The summed E-state index contributed by atoms with van der Waals surface area (Å²) < 4.78 is 0.843. The van der Waals surface area contributed by atoms with Gasteiger partial charge in [0.1, 0.15) is 9.97 Å². The molecule has 156 valence electrons. The van der Waals surface area contributed by atoms with E-state index in [4.69, 9.17) is 29.6 Å². The number of terminal acetylenes is 1. The van der Waals surface area contributed by atoms with Gasteiger partial charge in [-0.05, 0) is 43.8 Å². The number of hydrogen-bond acceptors (Lipinski definition) is 0. The Morgan fingerprint density at radius 1 is 1.11 bits per heavy atom. The molecule has 0 spiro atoms. The van der Waals surface area contributed by atoms with E-state index in [0.29, 0.717) is 0 Å². The van der Waals surface area contributed by atoms with Gasteiger partial charge in [0.2, 0.25) is 0 Å². The summed E-state index contributed by atoms with van der Waals surface area (Å²) in [6, 6.07) is 0. The van der Waals surface area contributed by atoms with Gasteiger partial charge >= 0.3 is 0 Å². The Hall–Kier alpha value is 0.600. The Bertz CT molecular complexity index is 500.